The summed E-state index contributed by atoms with van der Waals surface area (Å²) in [6.45, 7) is 3.30. The van der Waals surface area contributed by atoms with Crippen molar-refractivity contribution in [3.63, 3.8) is 0 Å². The van der Waals surface area contributed by atoms with Gasteiger partial charge in [0, 0.05) is 11.9 Å². The van der Waals surface area contributed by atoms with Gasteiger partial charge in [0.05, 0.1) is 31.0 Å². The van der Waals surface area contributed by atoms with Gasteiger partial charge in [0.1, 0.15) is 0 Å². The summed E-state index contributed by atoms with van der Waals surface area (Å²) in [7, 11) is 0. The van der Waals surface area contributed by atoms with Gasteiger partial charge in [0.2, 0.25) is 0 Å². The summed E-state index contributed by atoms with van der Waals surface area (Å²) in [5.74, 6) is 0. The number of aryl methyl sites for hydroxylation is 2. The molecule has 1 fully saturated rings. The topological polar surface area (TPSA) is 61.8 Å². The Labute approximate surface area is 147 Å². The van der Waals surface area contributed by atoms with Gasteiger partial charge in [-0.3, -0.25) is 0 Å². The largest absolute Gasteiger partial charge is 0.393 e. The summed E-state index contributed by atoms with van der Waals surface area (Å²) in [6, 6.07) is 10.2. The number of aliphatic hydroxyl groups excluding tert-OH is 1. The molecule has 25 heavy (non-hydrogen) atoms. The molecule has 2 aromatic rings. The molecule has 0 saturated carbocycles. The molecule has 4 rings (SSSR count). The molecule has 0 radical (unpaired) electrons. The minimum atomic E-state index is -0.459. The summed E-state index contributed by atoms with van der Waals surface area (Å²) in [5.41, 5.74) is 3.58. The highest BCUT2D eigenvalue weighted by Gasteiger charge is 2.29. The summed E-state index contributed by atoms with van der Waals surface area (Å²) in [6.07, 6.45) is 2.21. The van der Waals surface area contributed by atoms with Crippen LogP contribution in [0.1, 0.15) is 24.5 Å². The van der Waals surface area contributed by atoms with Crippen LogP contribution in [0.2, 0.25) is 0 Å². The van der Waals surface area contributed by atoms with Crippen LogP contribution in [0.25, 0.3) is 10.8 Å². The number of carbonyl (C=O) groups is 1. The maximum Gasteiger partial charge on any atom is 0.322 e. The van der Waals surface area contributed by atoms with E-state index >= 15 is 0 Å². The van der Waals surface area contributed by atoms with Gasteiger partial charge in [-0.1, -0.05) is 24.3 Å². The number of anilines is 1. The molecule has 5 nitrogen and oxygen atoms in total. The third-order valence-electron chi connectivity index (χ3n) is 5.22. The summed E-state index contributed by atoms with van der Waals surface area (Å²) >= 11 is 0. The highest BCUT2D eigenvalue weighted by Crippen LogP contribution is 2.35. The molecule has 0 unspecified atom stereocenters. The second kappa shape index (κ2) is 6.65. The zero-order valence-electron chi connectivity index (χ0n) is 14.5. The third-order valence-corrected chi connectivity index (χ3v) is 5.22. The Balaban J connectivity index is 1.60. The molecule has 0 aromatic heterocycles. The fourth-order valence-electron chi connectivity index (χ4n) is 4.05. The Morgan fingerprint density at radius 2 is 2.12 bits per heavy atom. The monoisotopic (exact) mass is 340 g/mol. The van der Waals surface area contributed by atoms with Crippen LogP contribution in [0.4, 0.5) is 10.5 Å². The number of hydrogen-bond acceptors (Lipinski definition) is 3. The Morgan fingerprint density at radius 3 is 2.92 bits per heavy atom. The predicted molar refractivity (Wildman–Crippen MR) is 98.0 cm³/mol. The molecule has 5 heteroatoms. The van der Waals surface area contributed by atoms with Gasteiger partial charge in [-0.25, -0.2) is 4.79 Å². The van der Waals surface area contributed by atoms with Gasteiger partial charge in [0.25, 0.3) is 0 Å². The van der Waals surface area contributed by atoms with Crippen molar-refractivity contribution < 1.29 is 14.6 Å². The van der Waals surface area contributed by atoms with E-state index in [4.69, 9.17) is 4.74 Å². The number of urea groups is 1. The van der Waals surface area contributed by atoms with Crippen molar-refractivity contribution in [1.29, 1.82) is 0 Å². The van der Waals surface area contributed by atoms with Crippen LogP contribution in [0, 0.1) is 0 Å². The van der Waals surface area contributed by atoms with E-state index in [0.717, 1.165) is 23.9 Å². The summed E-state index contributed by atoms with van der Waals surface area (Å²) < 4.78 is 5.49. The van der Waals surface area contributed by atoms with Gasteiger partial charge >= 0.3 is 6.03 Å². The number of morpholine rings is 1. The van der Waals surface area contributed by atoms with Crippen LogP contribution in [-0.4, -0.2) is 47.9 Å². The maximum atomic E-state index is 12.9. The number of amides is 2. The van der Waals surface area contributed by atoms with Crippen LogP contribution < -0.4 is 5.32 Å². The molecule has 0 bridgehead atoms. The van der Waals surface area contributed by atoms with Gasteiger partial charge in [0.15, 0.2) is 0 Å². The molecule has 0 spiro atoms. The standard InChI is InChI=1S/C20H24N2O3/c1-13(23)11-16-12-25-10-9-22(16)20(24)21-18-8-7-15-6-5-14-3-2-4-17(18)19(14)15/h2-4,7-8,13,16,23H,5-6,9-12H2,1H3,(H,21,24)/t13-,16-/m0/s1. The maximum absolute atomic E-state index is 12.9. The van der Waals surface area contributed by atoms with E-state index in [1.807, 2.05) is 6.07 Å². The molecule has 1 saturated heterocycles. The fraction of sp³-hybridized carbons (Fsp3) is 0.450. The van der Waals surface area contributed by atoms with Crippen LogP contribution in [-0.2, 0) is 17.6 Å². The first-order valence-corrected chi connectivity index (χ1v) is 9.00. The third kappa shape index (κ3) is 3.10. The Morgan fingerprint density at radius 1 is 1.32 bits per heavy atom. The number of hydrogen-bond donors (Lipinski definition) is 2. The van der Waals surface area contributed by atoms with Crippen LogP contribution in [0.5, 0.6) is 0 Å². The minimum absolute atomic E-state index is 0.0921. The molecule has 1 aliphatic heterocycles. The van der Waals surface area contributed by atoms with E-state index in [9.17, 15) is 9.90 Å². The quantitative estimate of drug-likeness (QED) is 0.903. The van der Waals surface area contributed by atoms with Crippen molar-refractivity contribution in [2.24, 2.45) is 0 Å². The zero-order valence-corrected chi connectivity index (χ0v) is 14.5. The molecule has 2 aromatic carbocycles. The van der Waals surface area contributed by atoms with E-state index in [0.29, 0.717) is 26.2 Å². The van der Waals surface area contributed by atoms with Crippen molar-refractivity contribution in [2.45, 2.75) is 38.3 Å². The molecular weight excluding hydrogens is 316 g/mol. The lowest BCUT2D eigenvalue weighted by molar-refractivity contribution is -0.00159. The second-order valence-electron chi connectivity index (χ2n) is 7.05. The normalized spacial score (nSPS) is 20.7. The smallest absolute Gasteiger partial charge is 0.322 e. The van der Waals surface area contributed by atoms with Crippen molar-refractivity contribution in [3.8, 4) is 0 Å². The van der Waals surface area contributed by atoms with E-state index in [2.05, 4.69) is 29.6 Å². The van der Waals surface area contributed by atoms with Crippen molar-refractivity contribution in [2.75, 3.05) is 25.1 Å². The van der Waals surface area contributed by atoms with Gasteiger partial charge in [-0.15, -0.1) is 0 Å². The molecular formula is C20H24N2O3. The highest BCUT2D eigenvalue weighted by atomic mass is 16.5. The summed E-state index contributed by atoms with van der Waals surface area (Å²) in [5, 5.41) is 15.2. The molecule has 1 heterocycles. The van der Waals surface area contributed by atoms with E-state index in [1.54, 1.807) is 11.8 Å². The Bertz CT molecular complexity index is 793. The SMILES string of the molecule is C[C@H](O)C[C@H]1COCCN1C(=O)Nc1ccc2c3c(cccc13)CC2. The first-order chi connectivity index (χ1) is 12.1. The van der Waals surface area contributed by atoms with Gasteiger partial charge < -0.3 is 20.1 Å². The van der Waals surface area contributed by atoms with Crippen molar-refractivity contribution in [1.82, 2.24) is 4.90 Å². The van der Waals surface area contributed by atoms with Crippen molar-refractivity contribution in [3.05, 3.63) is 41.5 Å². The predicted octanol–water partition coefficient (Wildman–Crippen LogP) is 2.94. The van der Waals surface area contributed by atoms with E-state index < -0.39 is 6.10 Å². The van der Waals surface area contributed by atoms with Crippen molar-refractivity contribution >= 4 is 22.5 Å². The number of benzene rings is 2. The Hall–Kier alpha value is -2.11. The molecule has 2 amide bonds. The van der Waals surface area contributed by atoms with Crippen LogP contribution >= 0.6 is 0 Å². The molecule has 1 aliphatic carbocycles. The molecule has 2 atom stereocenters. The van der Waals surface area contributed by atoms with E-state index in [1.165, 1.54) is 16.5 Å². The summed E-state index contributed by atoms with van der Waals surface area (Å²) in [4.78, 5) is 14.7. The average Bonchev–Trinajstić information content (AvgIpc) is 3.02. The van der Waals surface area contributed by atoms with E-state index in [-0.39, 0.29) is 12.1 Å². The minimum Gasteiger partial charge on any atom is -0.393 e. The van der Waals surface area contributed by atoms with Crippen LogP contribution in [0.3, 0.4) is 0 Å². The Kier molecular flexibility index (Phi) is 4.36. The number of aliphatic hydroxyl groups is 1. The second-order valence-corrected chi connectivity index (χ2v) is 7.05. The molecule has 132 valence electrons. The van der Waals surface area contributed by atoms with Crippen LogP contribution in [0.15, 0.2) is 30.3 Å². The lowest BCUT2D eigenvalue weighted by atomic mass is 10.0. The number of carbonyl (C=O) groups excluding carboxylic acids is 1. The number of nitrogens with zero attached hydrogens (tertiary/aromatic N) is 1. The first kappa shape index (κ1) is 16.4. The number of rotatable bonds is 3. The fourth-order valence-corrected chi connectivity index (χ4v) is 4.05. The zero-order chi connectivity index (χ0) is 17.4. The highest BCUT2D eigenvalue weighted by molar-refractivity contribution is 6.04. The lowest BCUT2D eigenvalue weighted by Gasteiger charge is -2.36. The average molecular weight is 340 g/mol. The number of nitrogens with one attached hydrogen (secondary N) is 1. The molecule has 2 N–H and O–H groups in total. The lowest BCUT2D eigenvalue weighted by Crippen LogP contribution is -2.51. The van der Waals surface area contributed by atoms with Gasteiger partial charge in [-0.2, -0.15) is 0 Å². The number of ether oxygens (including phenoxy) is 1. The molecule has 2 aliphatic rings. The van der Waals surface area contributed by atoms with Gasteiger partial charge in [-0.05, 0) is 48.8 Å². The first-order valence-electron chi connectivity index (χ1n) is 9.00.